The minimum atomic E-state index is -1.07. The molecule has 0 radical (unpaired) electrons. The molecule has 0 aromatic carbocycles. The van der Waals surface area contributed by atoms with Crippen molar-refractivity contribution in [1.29, 1.82) is 0 Å². The number of rotatable bonds is 6. The molecule has 0 aromatic heterocycles. The van der Waals surface area contributed by atoms with Crippen LogP contribution in [0.15, 0.2) is 0 Å². The third kappa shape index (κ3) is 5.04. The molecular weight excluding hydrogens is 250 g/mol. The van der Waals surface area contributed by atoms with Crippen LogP contribution in [0.5, 0.6) is 0 Å². The van der Waals surface area contributed by atoms with Gasteiger partial charge in [-0.3, -0.25) is 0 Å². The largest absolute Gasteiger partial charge is 0.480 e. The molecule has 7 heteroatoms. The summed E-state index contributed by atoms with van der Waals surface area (Å²) in [6.45, 7) is 1.56. The number of aliphatic hydroxyl groups is 1. The molecular formula is C12H23N3O4. The van der Waals surface area contributed by atoms with Gasteiger partial charge < -0.3 is 25.3 Å². The Morgan fingerprint density at radius 1 is 1.37 bits per heavy atom. The number of nitrogens with zero attached hydrogens (tertiary/aromatic N) is 2. The second-order valence-corrected chi connectivity index (χ2v) is 5.14. The van der Waals surface area contributed by atoms with Gasteiger partial charge in [0, 0.05) is 19.5 Å². The predicted molar refractivity (Wildman–Crippen MR) is 69.9 cm³/mol. The molecule has 1 saturated heterocycles. The number of carboxylic acid groups (broad SMARTS) is 1. The van der Waals surface area contributed by atoms with E-state index in [4.69, 9.17) is 5.11 Å². The lowest BCUT2D eigenvalue weighted by molar-refractivity contribution is -0.141. The maximum absolute atomic E-state index is 11.8. The zero-order valence-corrected chi connectivity index (χ0v) is 11.5. The van der Waals surface area contributed by atoms with Crippen LogP contribution >= 0.6 is 0 Å². The van der Waals surface area contributed by atoms with Crippen LogP contribution in [0.3, 0.4) is 0 Å². The molecule has 19 heavy (non-hydrogen) atoms. The molecule has 2 atom stereocenters. The first-order valence-electron chi connectivity index (χ1n) is 6.52. The van der Waals surface area contributed by atoms with E-state index >= 15 is 0 Å². The Morgan fingerprint density at radius 3 is 2.63 bits per heavy atom. The van der Waals surface area contributed by atoms with Crippen LogP contribution in [0.25, 0.3) is 0 Å². The Labute approximate surface area is 113 Å². The number of hydrogen-bond acceptors (Lipinski definition) is 4. The quantitative estimate of drug-likeness (QED) is 0.570. The number of aliphatic carboxylic acids is 1. The van der Waals surface area contributed by atoms with Crippen LogP contribution in [0, 0.1) is 0 Å². The maximum atomic E-state index is 11.8. The predicted octanol–water partition coefficient (Wildman–Crippen LogP) is -0.442. The molecule has 3 N–H and O–H groups in total. The highest BCUT2D eigenvalue weighted by atomic mass is 16.4. The zero-order valence-electron chi connectivity index (χ0n) is 11.5. The van der Waals surface area contributed by atoms with Crippen molar-refractivity contribution < 1.29 is 19.8 Å². The summed E-state index contributed by atoms with van der Waals surface area (Å²) in [6, 6.07) is -1.33. The van der Waals surface area contributed by atoms with E-state index in [1.54, 1.807) is 0 Å². The molecule has 7 nitrogen and oxygen atoms in total. The average Bonchev–Trinajstić information content (AvgIpc) is 2.70. The summed E-state index contributed by atoms with van der Waals surface area (Å²) >= 11 is 0. The number of carboxylic acids is 1. The van der Waals surface area contributed by atoms with E-state index < -0.39 is 24.1 Å². The van der Waals surface area contributed by atoms with Crippen molar-refractivity contribution in [2.75, 3.05) is 33.7 Å². The van der Waals surface area contributed by atoms with E-state index in [-0.39, 0.29) is 13.0 Å². The van der Waals surface area contributed by atoms with Gasteiger partial charge in [-0.25, -0.2) is 9.59 Å². The lowest BCUT2D eigenvalue weighted by Crippen LogP contribution is -2.46. The Hall–Kier alpha value is -1.34. The molecule has 1 aliphatic heterocycles. The number of aliphatic hydroxyl groups excluding tert-OH is 1. The van der Waals surface area contributed by atoms with Gasteiger partial charge in [0.1, 0.15) is 6.04 Å². The lowest BCUT2D eigenvalue weighted by atomic mass is 10.2. The van der Waals surface area contributed by atoms with Gasteiger partial charge in [-0.05, 0) is 33.5 Å². The van der Waals surface area contributed by atoms with Crippen LogP contribution in [0.4, 0.5) is 4.79 Å². The van der Waals surface area contributed by atoms with E-state index in [0.29, 0.717) is 6.54 Å². The average molecular weight is 273 g/mol. The van der Waals surface area contributed by atoms with Gasteiger partial charge >= 0.3 is 12.0 Å². The standard InChI is InChI=1S/C12H23N3O4/c1-14(2)6-4-3-5-13-12(19)15-8-9(16)7-10(15)11(17)18/h9-10,16H,3-8H2,1-2H3,(H,13,19)(H,17,18). The molecule has 1 heterocycles. The smallest absolute Gasteiger partial charge is 0.326 e. The fourth-order valence-electron chi connectivity index (χ4n) is 2.12. The highest BCUT2D eigenvalue weighted by Crippen LogP contribution is 2.17. The minimum Gasteiger partial charge on any atom is -0.480 e. The molecule has 2 unspecified atom stereocenters. The number of unbranched alkanes of at least 4 members (excludes halogenated alkanes) is 1. The first-order valence-corrected chi connectivity index (χ1v) is 6.52. The fourth-order valence-corrected chi connectivity index (χ4v) is 2.12. The van der Waals surface area contributed by atoms with Crippen molar-refractivity contribution in [1.82, 2.24) is 15.1 Å². The summed E-state index contributed by atoms with van der Waals surface area (Å²) in [4.78, 5) is 26.1. The van der Waals surface area contributed by atoms with Gasteiger partial charge in [-0.2, -0.15) is 0 Å². The Kier molecular flexibility index (Phi) is 6.04. The third-order valence-corrected chi connectivity index (χ3v) is 3.13. The summed E-state index contributed by atoms with van der Waals surface area (Å²) < 4.78 is 0. The minimum absolute atomic E-state index is 0.0838. The van der Waals surface area contributed by atoms with Crippen molar-refractivity contribution in [2.24, 2.45) is 0 Å². The van der Waals surface area contributed by atoms with Crippen LogP contribution in [0.1, 0.15) is 19.3 Å². The summed E-state index contributed by atoms with van der Waals surface area (Å²) in [6.07, 6.45) is 1.17. The summed E-state index contributed by atoms with van der Waals surface area (Å²) in [5.74, 6) is -1.07. The number of carbonyl (C=O) groups is 2. The molecule has 0 spiro atoms. The normalized spacial score (nSPS) is 22.8. The molecule has 2 amide bonds. The lowest BCUT2D eigenvalue weighted by Gasteiger charge is -2.21. The molecule has 1 rings (SSSR count). The summed E-state index contributed by atoms with van der Waals surface area (Å²) in [5, 5.41) is 21.1. The van der Waals surface area contributed by atoms with Crippen molar-refractivity contribution in [2.45, 2.75) is 31.4 Å². The molecule has 0 aromatic rings. The van der Waals surface area contributed by atoms with Crippen LogP contribution in [-0.2, 0) is 4.79 Å². The van der Waals surface area contributed by atoms with Gasteiger partial charge in [0.25, 0.3) is 0 Å². The van der Waals surface area contributed by atoms with E-state index in [1.807, 2.05) is 14.1 Å². The number of urea groups is 1. The number of amides is 2. The Bertz CT molecular complexity index is 322. The monoisotopic (exact) mass is 273 g/mol. The van der Waals surface area contributed by atoms with Gasteiger partial charge in [0.15, 0.2) is 0 Å². The molecule has 1 fully saturated rings. The zero-order chi connectivity index (χ0) is 14.4. The molecule has 0 bridgehead atoms. The van der Waals surface area contributed by atoms with E-state index in [9.17, 15) is 14.7 Å². The van der Waals surface area contributed by atoms with E-state index in [1.165, 1.54) is 4.90 Å². The number of hydrogen-bond donors (Lipinski definition) is 3. The SMILES string of the molecule is CN(C)CCCCNC(=O)N1CC(O)CC1C(=O)O. The highest BCUT2D eigenvalue weighted by molar-refractivity contribution is 5.83. The Morgan fingerprint density at radius 2 is 2.05 bits per heavy atom. The van der Waals surface area contributed by atoms with Crippen molar-refractivity contribution >= 4 is 12.0 Å². The number of carbonyl (C=O) groups excluding carboxylic acids is 1. The highest BCUT2D eigenvalue weighted by Gasteiger charge is 2.38. The molecule has 110 valence electrons. The van der Waals surface area contributed by atoms with Crippen LogP contribution in [0.2, 0.25) is 0 Å². The molecule has 1 aliphatic rings. The number of likely N-dealkylation sites (tertiary alicyclic amines) is 1. The van der Waals surface area contributed by atoms with Gasteiger partial charge in [-0.1, -0.05) is 0 Å². The second kappa shape index (κ2) is 7.30. The topological polar surface area (TPSA) is 93.1 Å². The molecule has 0 saturated carbocycles. The number of β-amino-alcohol motifs (C(OH)–C–C–N with tert-alkyl or cyclic N) is 1. The second-order valence-electron chi connectivity index (χ2n) is 5.14. The van der Waals surface area contributed by atoms with Crippen molar-refractivity contribution in [3.8, 4) is 0 Å². The van der Waals surface area contributed by atoms with Gasteiger partial charge in [-0.15, -0.1) is 0 Å². The van der Waals surface area contributed by atoms with Crippen LogP contribution < -0.4 is 5.32 Å². The van der Waals surface area contributed by atoms with Crippen molar-refractivity contribution in [3.63, 3.8) is 0 Å². The van der Waals surface area contributed by atoms with Gasteiger partial charge in [0.05, 0.1) is 6.10 Å². The third-order valence-electron chi connectivity index (χ3n) is 3.13. The molecule has 0 aliphatic carbocycles. The van der Waals surface area contributed by atoms with Gasteiger partial charge in [0.2, 0.25) is 0 Å². The fraction of sp³-hybridized carbons (Fsp3) is 0.833. The number of nitrogens with one attached hydrogen (secondary N) is 1. The van der Waals surface area contributed by atoms with Crippen molar-refractivity contribution in [3.05, 3.63) is 0 Å². The Balaban J connectivity index is 2.30. The summed E-state index contributed by atoms with van der Waals surface area (Å²) in [5.41, 5.74) is 0. The first-order chi connectivity index (χ1) is 8.91. The van der Waals surface area contributed by atoms with Crippen LogP contribution in [-0.4, -0.2) is 77.9 Å². The van der Waals surface area contributed by atoms with E-state index in [2.05, 4.69) is 10.2 Å². The first kappa shape index (κ1) is 15.7. The maximum Gasteiger partial charge on any atom is 0.326 e. The van der Waals surface area contributed by atoms with E-state index in [0.717, 1.165) is 19.4 Å². The summed E-state index contributed by atoms with van der Waals surface area (Å²) in [7, 11) is 3.98.